The Labute approximate surface area is 121 Å². The van der Waals surface area contributed by atoms with Crippen LogP contribution in [0.5, 0.6) is 0 Å². The lowest BCUT2D eigenvalue weighted by Gasteiger charge is -2.24. The van der Waals surface area contributed by atoms with Crippen LogP contribution in [-0.4, -0.2) is 28.0 Å². The second kappa shape index (κ2) is 5.41. The third-order valence-corrected chi connectivity index (χ3v) is 4.36. The van der Waals surface area contributed by atoms with Gasteiger partial charge in [0.2, 0.25) is 0 Å². The molecule has 1 atom stereocenters. The van der Waals surface area contributed by atoms with Crippen molar-refractivity contribution in [2.45, 2.75) is 39.7 Å². The zero-order valence-electron chi connectivity index (χ0n) is 12.6. The average Bonchev–Trinajstić information content (AvgIpc) is 3.08. The van der Waals surface area contributed by atoms with Crippen molar-refractivity contribution in [2.24, 2.45) is 0 Å². The van der Waals surface area contributed by atoms with Crippen molar-refractivity contribution < 1.29 is 0 Å². The summed E-state index contributed by atoms with van der Waals surface area (Å²) in [7, 11) is 0. The third-order valence-electron chi connectivity index (χ3n) is 4.36. The van der Waals surface area contributed by atoms with E-state index in [0.717, 1.165) is 17.2 Å². The highest BCUT2D eigenvalue weighted by Gasteiger charge is 2.19. The fourth-order valence-corrected chi connectivity index (χ4v) is 3.15. The molecule has 0 aliphatic carbocycles. The van der Waals surface area contributed by atoms with E-state index < -0.39 is 0 Å². The number of aromatic nitrogens is 2. The summed E-state index contributed by atoms with van der Waals surface area (Å²) in [6.07, 6.45) is 2.68. The van der Waals surface area contributed by atoms with Crippen LogP contribution in [-0.2, 0) is 0 Å². The first-order valence-corrected chi connectivity index (χ1v) is 7.53. The first kappa shape index (κ1) is 13.4. The average molecular weight is 269 g/mol. The molecule has 0 saturated carbocycles. The monoisotopic (exact) mass is 269 g/mol. The lowest BCUT2D eigenvalue weighted by molar-refractivity contribution is 0.263. The van der Waals surface area contributed by atoms with Crippen LogP contribution >= 0.6 is 0 Å². The van der Waals surface area contributed by atoms with E-state index in [1.807, 2.05) is 6.92 Å². The standard InChI is InChI=1S/C17H23N3/c1-12-17(19-14(3)18-12)16-8-6-15(7-9-16)13(2)20-10-4-5-11-20/h6-9,13H,4-5,10-11H2,1-3H3,(H,18,19)/t13-/m1/s1. The van der Waals surface area contributed by atoms with E-state index in [4.69, 9.17) is 0 Å². The predicted molar refractivity (Wildman–Crippen MR) is 82.7 cm³/mol. The maximum Gasteiger partial charge on any atom is 0.103 e. The van der Waals surface area contributed by atoms with Gasteiger partial charge < -0.3 is 4.98 Å². The summed E-state index contributed by atoms with van der Waals surface area (Å²) in [5, 5.41) is 0. The number of aryl methyl sites for hydroxylation is 2. The Hall–Kier alpha value is -1.61. The van der Waals surface area contributed by atoms with Crippen LogP contribution < -0.4 is 0 Å². The molecule has 3 heteroatoms. The Kier molecular flexibility index (Phi) is 3.62. The van der Waals surface area contributed by atoms with Gasteiger partial charge in [0.15, 0.2) is 0 Å². The van der Waals surface area contributed by atoms with Crippen LogP contribution in [0.2, 0.25) is 0 Å². The van der Waals surface area contributed by atoms with Crippen LogP contribution in [0.3, 0.4) is 0 Å². The zero-order valence-corrected chi connectivity index (χ0v) is 12.6. The minimum atomic E-state index is 0.522. The van der Waals surface area contributed by atoms with E-state index in [1.54, 1.807) is 0 Å². The molecule has 3 rings (SSSR count). The van der Waals surface area contributed by atoms with Crippen LogP contribution in [0.25, 0.3) is 11.3 Å². The molecule has 1 aliphatic rings. The predicted octanol–water partition coefficient (Wildman–Crippen LogP) is 3.85. The molecular weight excluding hydrogens is 246 g/mol. The minimum absolute atomic E-state index is 0.522. The molecule has 0 amide bonds. The third kappa shape index (κ3) is 2.50. The van der Waals surface area contributed by atoms with Gasteiger partial charge in [-0.3, -0.25) is 4.90 Å². The Morgan fingerprint density at radius 3 is 2.30 bits per heavy atom. The smallest absolute Gasteiger partial charge is 0.103 e. The Morgan fingerprint density at radius 1 is 1.10 bits per heavy atom. The molecule has 20 heavy (non-hydrogen) atoms. The second-order valence-electron chi connectivity index (χ2n) is 5.84. The summed E-state index contributed by atoms with van der Waals surface area (Å²) >= 11 is 0. The van der Waals surface area contributed by atoms with Crippen LogP contribution in [0.4, 0.5) is 0 Å². The quantitative estimate of drug-likeness (QED) is 0.917. The highest BCUT2D eigenvalue weighted by molar-refractivity contribution is 5.62. The molecule has 1 aromatic carbocycles. The zero-order chi connectivity index (χ0) is 14.1. The van der Waals surface area contributed by atoms with E-state index in [-0.39, 0.29) is 0 Å². The van der Waals surface area contributed by atoms with Gasteiger partial charge in [0.1, 0.15) is 5.82 Å². The molecule has 0 unspecified atom stereocenters. The van der Waals surface area contributed by atoms with E-state index >= 15 is 0 Å². The molecule has 0 radical (unpaired) electrons. The van der Waals surface area contributed by atoms with Gasteiger partial charge in [0.25, 0.3) is 0 Å². The van der Waals surface area contributed by atoms with Gasteiger partial charge in [-0.25, -0.2) is 4.98 Å². The Balaban J connectivity index is 1.82. The highest BCUT2D eigenvalue weighted by atomic mass is 15.2. The van der Waals surface area contributed by atoms with Gasteiger partial charge in [-0.1, -0.05) is 24.3 Å². The molecule has 2 aromatic rings. The topological polar surface area (TPSA) is 31.9 Å². The molecule has 1 aliphatic heterocycles. The van der Waals surface area contributed by atoms with Crippen molar-refractivity contribution in [3.63, 3.8) is 0 Å². The summed E-state index contributed by atoms with van der Waals surface area (Å²) in [6, 6.07) is 9.42. The number of benzene rings is 1. The van der Waals surface area contributed by atoms with Gasteiger partial charge in [0.05, 0.1) is 5.69 Å². The Bertz CT molecular complexity index is 577. The summed E-state index contributed by atoms with van der Waals surface area (Å²) in [5.41, 5.74) is 4.82. The number of H-pyrrole nitrogens is 1. The lowest BCUT2D eigenvalue weighted by Crippen LogP contribution is -2.23. The van der Waals surface area contributed by atoms with Crippen LogP contribution in [0, 0.1) is 13.8 Å². The molecule has 0 spiro atoms. The molecule has 106 valence electrons. The molecule has 0 bridgehead atoms. The van der Waals surface area contributed by atoms with E-state index in [1.165, 1.54) is 37.1 Å². The largest absolute Gasteiger partial charge is 0.346 e. The summed E-state index contributed by atoms with van der Waals surface area (Å²) in [4.78, 5) is 10.4. The SMILES string of the molecule is Cc1nc(-c2ccc([C@@H](C)N3CCCC3)cc2)c(C)[nH]1. The number of imidazole rings is 1. The normalized spacial score (nSPS) is 17.6. The van der Waals surface area contributed by atoms with Gasteiger partial charge in [-0.2, -0.15) is 0 Å². The van der Waals surface area contributed by atoms with Crippen molar-refractivity contribution in [1.82, 2.24) is 14.9 Å². The first-order valence-electron chi connectivity index (χ1n) is 7.53. The Morgan fingerprint density at radius 2 is 1.75 bits per heavy atom. The molecule has 1 aromatic heterocycles. The lowest BCUT2D eigenvalue weighted by atomic mass is 10.0. The van der Waals surface area contributed by atoms with Gasteiger partial charge in [0, 0.05) is 17.3 Å². The number of nitrogens with zero attached hydrogens (tertiary/aromatic N) is 2. The fourth-order valence-electron chi connectivity index (χ4n) is 3.15. The molecular formula is C17H23N3. The van der Waals surface area contributed by atoms with E-state index in [9.17, 15) is 0 Å². The maximum atomic E-state index is 4.57. The first-order chi connectivity index (χ1) is 9.65. The number of nitrogens with one attached hydrogen (secondary N) is 1. The maximum absolute atomic E-state index is 4.57. The number of hydrogen-bond acceptors (Lipinski definition) is 2. The minimum Gasteiger partial charge on any atom is -0.346 e. The molecule has 1 saturated heterocycles. The van der Waals surface area contributed by atoms with Crippen LogP contribution in [0.1, 0.15) is 42.9 Å². The van der Waals surface area contributed by atoms with E-state index in [2.05, 4.69) is 53.0 Å². The molecule has 3 nitrogen and oxygen atoms in total. The van der Waals surface area contributed by atoms with Gasteiger partial charge >= 0.3 is 0 Å². The highest BCUT2D eigenvalue weighted by Crippen LogP contribution is 2.27. The second-order valence-corrected chi connectivity index (χ2v) is 5.84. The molecule has 1 N–H and O–H groups in total. The van der Waals surface area contributed by atoms with Crippen molar-refractivity contribution in [1.29, 1.82) is 0 Å². The fraction of sp³-hybridized carbons (Fsp3) is 0.471. The summed E-state index contributed by atoms with van der Waals surface area (Å²) in [5.74, 6) is 0.979. The molecule has 1 fully saturated rings. The number of aromatic amines is 1. The van der Waals surface area contributed by atoms with Crippen LogP contribution in [0.15, 0.2) is 24.3 Å². The summed E-state index contributed by atoms with van der Waals surface area (Å²) in [6.45, 7) is 8.86. The van der Waals surface area contributed by atoms with Gasteiger partial charge in [-0.05, 0) is 52.3 Å². The van der Waals surface area contributed by atoms with Crippen molar-refractivity contribution in [2.75, 3.05) is 13.1 Å². The summed E-state index contributed by atoms with van der Waals surface area (Å²) < 4.78 is 0. The number of likely N-dealkylation sites (tertiary alicyclic amines) is 1. The van der Waals surface area contributed by atoms with E-state index in [0.29, 0.717) is 6.04 Å². The van der Waals surface area contributed by atoms with Crippen molar-refractivity contribution in [3.8, 4) is 11.3 Å². The van der Waals surface area contributed by atoms with Crippen molar-refractivity contribution in [3.05, 3.63) is 41.3 Å². The number of hydrogen-bond donors (Lipinski definition) is 1. The number of rotatable bonds is 3. The molecule has 2 heterocycles. The van der Waals surface area contributed by atoms with Gasteiger partial charge in [-0.15, -0.1) is 0 Å². The van der Waals surface area contributed by atoms with Crippen molar-refractivity contribution >= 4 is 0 Å².